The maximum atomic E-state index is 11.3. The fourth-order valence-corrected chi connectivity index (χ4v) is 11.2. The third kappa shape index (κ3) is 51.8. The number of urea groups is 1. The van der Waals surface area contributed by atoms with Crippen molar-refractivity contribution in [1.29, 1.82) is 0 Å². The summed E-state index contributed by atoms with van der Waals surface area (Å²) in [5.74, 6) is 1.15. The smallest absolute Gasteiger partial charge is 0.319 e. The topological polar surface area (TPSA) is 228 Å². The first-order valence-electron chi connectivity index (χ1n) is 41.6. The van der Waals surface area contributed by atoms with Crippen LogP contribution in [0, 0.1) is 23.7 Å². The molecule has 4 saturated carbocycles. The lowest BCUT2D eigenvalue weighted by Crippen LogP contribution is -2.47. The Labute approximate surface area is 675 Å². The van der Waals surface area contributed by atoms with Crippen molar-refractivity contribution < 1.29 is 33.3 Å². The van der Waals surface area contributed by atoms with E-state index >= 15 is 0 Å². The highest BCUT2D eigenvalue weighted by Crippen LogP contribution is 2.44. The molecular formula is C87H174N16O7. The SMILES string of the molecule is CC(=O)N(C)C(C)(C)C.CC(C)(C)C1CC1.CC(C)(C)C1N=CN=N1.CC(C)(C)OC1CCC1.CC(C)(C)OC1CCCC1.CC(C)(C)OC1CCCCC1.CC(C)(C)n1ccnn1.CC(C)N1CCC(OC(C)(C)C)CC1.CC1N=NN(C(C)(C)C)C1=O.CN(C)C(=O)N(C)C(C)(C)C.Cc1cnnn1C(C)(C)C. The number of piperidine rings is 1. The van der Waals surface area contributed by atoms with Crippen molar-refractivity contribution in [2.75, 3.05) is 41.3 Å². The molecule has 4 amide bonds. The van der Waals surface area contributed by atoms with Crippen LogP contribution in [0.3, 0.4) is 0 Å². The van der Waals surface area contributed by atoms with Crippen molar-refractivity contribution in [2.45, 2.75) is 459 Å². The average Bonchev–Trinajstić information content (AvgIpc) is 1.69. The summed E-state index contributed by atoms with van der Waals surface area (Å²) < 4.78 is 27.1. The van der Waals surface area contributed by atoms with Crippen LogP contribution >= 0.6 is 0 Å². The average molecular weight is 1560 g/mol. The van der Waals surface area contributed by atoms with Crippen LogP contribution < -0.4 is 0 Å². The standard InChI is InChI=1S/C12H25NO.C10H20O.C9H18O.C8H18N2O.C8H16O.C7H13N3O.C7H13N3.C7H15NO.C7H14.2C6H11N3/c1-10(2)13-8-6-11(7-9-13)14-12(3,4)5;1-10(2,3)11-9-7-5-4-6-8-9;1-9(2,3)10-8-6-4-5-7-8;1-8(2,3)10(6)7(11)9(4)5;1-8(2,3)9-7-5-4-6-7;1-5-6(11)10(9-8-5)7(2,3)4;1-6-5-8-9-10(6)7(2,3)4;1-6(9)8(5)7(2,3)4;1-7(2,3)6-4-5-6;1-6(2,3)5-7-4-8-9-5;1-6(2,3)9-5-4-7-8-9/h10-11H,6-9H2,1-5H3;9H,4-8H2,1-3H3;8H,4-7H2,1-3H3;1-6H3;7H,4-6H2,1-3H3;5H,1-4H3;5H,1-4H3;1-5H3;6H,4-5H2,1-3H3;2*4-5H,1-3H3. The molecule has 1 saturated heterocycles. The van der Waals surface area contributed by atoms with E-state index in [1.165, 1.54) is 127 Å². The highest BCUT2D eigenvalue weighted by atomic mass is 16.5. The third-order valence-electron chi connectivity index (χ3n) is 18.3. The van der Waals surface area contributed by atoms with E-state index in [0.29, 0.717) is 35.9 Å². The fraction of sp³-hybridized carbons (Fsp3) is 0.908. The van der Waals surface area contributed by atoms with Crippen LogP contribution in [-0.2, 0) is 39.6 Å². The van der Waals surface area contributed by atoms with E-state index in [0.717, 1.165) is 11.6 Å². The van der Waals surface area contributed by atoms with Gasteiger partial charge >= 0.3 is 6.03 Å². The number of aliphatic imine (C=N–C) groups is 1. The highest BCUT2D eigenvalue weighted by Gasteiger charge is 2.36. The summed E-state index contributed by atoms with van der Waals surface area (Å²) in [6.07, 6.45) is 30.2. The Morgan fingerprint density at radius 1 is 0.491 bits per heavy atom. The van der Waals surface area contributed by atoms with Gasteiger partial charge in [0.2, 0.25) is 5.91 Å². The number of ether oxygens (including phenoxy) is 4. The zero-order chi connectivity index (χ0) is 86.2. The number of rotatable bonds is 5. The maximum Gasteiger partial charge on any atom is 0.319 e. The minimum absolute atomic E-state index is 0.0162. The van der Waals surface area contributed by atoms with Gasteiger partial charge in [0.1, 0.15) is 6.34 Å². The highest BCUT2D eigenvalue weighted by molar-refractivity contribution is 5.83. The number of amides is 4. The summed E-state index contributed by atoms with van der Waals surface area (Å²) in [7, 11) is 7.12. The summed E-state index contributed by atoms with van der Waals surface area (Å²) in [5.41, 5.74) is 1.80. The van der Waals surface area contributed by atoms with Gasteiger partial charge in [0.25, 0.3) is 5.91 Å². The van der Waals surface area contributed by atoms with Gasteiger partial charge in [-0.2, -0.15) is 10.2 Å². The Bertz CT molecular complexity index is 2860. The Balaban J connectivity index is 0. The van der Waals surface area contributed by atoms with E-state index in [1.54, 1.807) is 55.0 Å². The van der Waals surface area contributed by atoms with Gasteiger partial charge in [-0.25, -0.2) is 24.2 Å². The van der Waals surface area contributed by atoms with Crippen LogP contribution in [-0.4, -0.2) is 202 Å². The number of hydrogen-bond acceptors (Lipinski definition) is 17. The summed E-state index contributed by atoms with van der Waals surface area (Å²) in [6.45, 7) is 81.5. The fourth-order valence-electron chi connectivity index (χ4n) is 11.2. The molecular weight excluding hydrogens is 1380 g/mol. The van der Waals surface area contributed by atoms with E-state index in [4.69, 9.17) is 18.9 Å². The van der Waals surface area contributed by atoms with Crippen molar-refractivity contribution in [3.8, 4) is 0 Å². The normalized spacial score (nSPS) is 18.9. The molecule has 0 radical (unpaired) electrons. The lowest BCUT2D eigenvalue weighted by molar-refractivity contribution is -0.134. The Morgan fingerprint density at radius 2 is 0.891 bits per heavy atom. The second kappa shape index (κ2) is 47.3. The Morgan fingerprint density at radius 3 is 1.06 bits per heavy atom. The minimum Gasteiger partial charge on any atom is -0.373 e. The Kier molecular flexibility index (Phi) is 46.1. The van der Waals surface area contributed by atoms with E-state index < -0.39 is 0 Å². The van der Waals surface area contributed by atoms with Gasteiger partial charge in [0.05, 0.1) is 81.5 Å². The molecule has 3 aliphatic heterocycles. The molecule has 2 aromatic rings. The molecule has 5 heterocycles. The molecule has 0 aromatic carbocycles. The van der Waals surface area contributed by atoms with Crippen LogP contribution in [0.25, 0.3) is 0 Å². The van der Waals surface area contributed by atoms with Crippen LogP contribution in [0.5, 0.6) is 0 Å². The van der Waals surface area contributed by atoms with Gasteiger partial charge in [-0.05, 0) is 297 Å². The largest absolute Gasteiger partial charge is 0.373 e. The molecule has 2 unspecified atom stereocenters. The molecule has 9 rings (SSSR count). The van der Waals surface area contributed by atoms with Crippen molar-refractivity contribution in [3.05, 3.63) is 24.3 Å². The molecule has 23 nitrogen and oxygen atoms in total. The molecule has 23 heteroatoms. The molecule has 0 spiro atoms. The predicted molar refractivity (Wildman–Crippen MR) is 459 cm³/mol. The van der Waals surface area contributed by atoms with Gasteiger partial charge in [0.15, 0.2) is 12.2 Å². The maximum absolute atomic E-state index is 11.3. The van der Waals surface area contributed by atoms with Gasteiger partial charge in [-0.1, -0.05) is 89.3 Å². The van der Waals surface area contributed by atoms with Crippen LogP contribution in [0.1, 0.15) is 365 Å². The third-order valence-corrected chi connectivity index (χ3v) is 18.3. The number of azo groups is 1. The van der Waals surface area contributed by atoms with Crippen LogP contribution in [0.15, 0.2) is 44.1 Å². The lowest BCUT2D eigenvalue weighted by atomic mass is 9.91. The predicted octanol–water partition coefficient (Wildman–Crippen LogP) is 21.6. The number of nitrogens with zero attached hydrogens (tertiary/aromatic N) is 16. The van der Waals surface area contributed by atoms with E-state index in [2.05, 4.69) is 231 Å². The number of likely N-dealkylation sites (tertiary alicyclic amines) is 1. The quantitative estimate of drug-likeness (QED) is 0.272. The first kappa shape index (κ1) is 107. The van der Waals surface area contributed by atoms with Crippen LogP contribution in [0.2, 0.25) is 0 Å². The number of carbonyl (C=O) groups is 3. The van der Waals surface area contributed by atoms with Crippen LogP contribution in [0.4, 0.5) is 4.79 Å². The molecule has 0 bridgehead atoms. The number of aromatic nitrogens is 6. The monoisotopic (exact) mass is 1560 g/mol. The molecule has 644 valence electrons. The van der Waals surface area contributed by atoms with Crippen molar-refractivity contribution in [2.24, 2.45) is 42.3 Å². The summed E-state index contributed by atoms with van der Waals surface area (Å²) in [4.78, 5) is 44.9. The van der Waals surface area contributed by atoms with Gasteiger partial charge in [-0.15, -0.1) is 15.3 Å². The summed E-state index contributed by atoms with van der Waals surface area (Å²) in [6, 6.07) is 0.428. The summed E-state index contributed by atoms with van der Waals surface area (Å²) in [5, 5.41) is 31.9. The van der Waals surface area contributed by atoms with E-state index in [1.807, 2.05) is 98.9 Å². The molecule has 110 heavy (non-hydrogen) atoms. The van der Waals surface area contributed by atoms with Gasteiger partial charge < -0.3 is 38.5 Å². The zero-order valence-electron chi connectivity index (χ0n) is 79.2. The first-order chi connectivity index (χ1) is 49.5. The second-order valence-corrected chi connectivity index (χ2v) is 42.2. The Hall–Kier alpha value is -4.84. The number of hydrogen-bond donors (Lipinski definition) is 0. The van der Waals surface area contributed by atoms with E-state index in [9.17, 15) is 14.4 Å². The van der Waals surface area contributed by atoms with Crippen molar-refractivity contribution in [3.63, 3.8) is 0 Å². The van der Waals surface area contributed by atoms with E-state index in [-0.39, 0.29) is 85.6 Å². The van der Waals surface area contributed by atoms with Gasteiger partial charge in [0, 0.05) is 76.9 Å². The van der Waals surface area contributed by atoms with Gasteiger partial charge in [-0.3, -0.25) is 9.59 Å². The van der Waals surface area contributed by atoms with Crippen molar-refractivity contribution >= 4 is 24.2 Å². The molecule has 5 fully saturated rings. The first-order valence-corrected chi connectivity index (χ1v) is 41.6. The lowest BCUT2D eigenvalue weighted by Gasteiger charge is -2.37. The summed E-state index contributed by atoms with van der Waals surface area (Å²) >= 11 is 0. The molecule has 0 N–H and O–H groups in total. The molecule has 7 aliphatic rings. The van der Waals surface area contributed by atoms with Crippen molar-refractivity contribution in [1.82, 2.24) is 54.6 Å². The number of carbonyl (C=O) groups excluding carboxylic acids is 3. The second-order valence-electron chi connectivity index (χ2n) is 42.2. The molecule has 4 aliphatic carbocycles. The number of aryl methyl sites for hydroxylation is 1. The molecule has 2 atom stereocenters. The zero-order valence-corrected chi connectivity index (χ0v) is 79.2. The molecule has 2 aromatic heterocycles. The minimum atomic E-state index is -0.297.